The number of fused-ring (bicyclic) bond motifs is 1. The number of rotatable bonds is 1. The molecule has 0 aromatic heterocycles. The van der Waals surface area contributed by atoms with E-state index in [0.29, 0.717) is 36.3 Å². The van der Waals surface area contributed by atoms with Gasteiger partial charge in [-0.1, -0.05) is 11.6 Å². The third kappa shape index (κ3) is 2.05. The van der Waals surface area contributed by atoms with Crippen LogP contribution in [0.3, 0.4) is 0 Å². The summed E-state index contributed by atoms with van der Waals surface area (Å²) in [5.74, 6) is 1.32. The quantitative estimate of drug-likeness (QED) is 0.810. The van der Waals surface area contributed by atoms with Gasteiger partial charge in [0.05, 0.1) is 5.02 Å². The van der Waals surface area contributed by atoms with Gasteiger partial charge in [0.2, 0.25) is 0 Å². The first-order valence-electron chi connectivity index (χ1n) is 4.09. The van der Waals surface area contributed by atoms with Crippen molar-refractivity contribution in [3.8, 4) is 11.5 Å². The van der Waals surface area contributed by atoms with Crippen molar-refractivity contribution >= 4 is 24.0 Å². The smallest absolute Gasteiger partial charge is 0.179 e. The van der Waals surface area contributed by atoms with Crippen LogP contribution >= 0.6 is 24.0 Å². The van der Waals surface area contributed by atoms with E-state index in [2.05, 4.69) is 0 Å². The second-order valence-corrected chi connectivity index (χ2v) is 3.21. The summed E-state index contributed by atoms with van der Waals surface area (Å²) in [6, 6.07) is 3.66. The molecule has 0 fully saturated rings. The monoisotopic (exact) mass is 235 g/mol. The second-order valence-electron chi connectivity index (χ2n) is 2.81. The highest BCUT2D eigenvalue weighted by Crippen LogP contribution is 2.38. The molecular weight excluding hydrogens is 225 g/mol. The van der Waals surface area contributed by atoms with E-state index in [1.54, 1.807) is 6.07 Å². The van der Waals surface area contributed by atoms with Crippen LogP contribution in [0.1, 0.15) is 5.56 Å². The van der Waals surface area contributed by atoms with Crippen molar-refractivity contribution in [1.82, 2.24) is 0 Å². The maximum Gasteiger partial charge on any atom is 0.179 e. The number of benzene rings is 1. The molecule has 5 heteroatoms. The standard InChI is InChI=1S/C9H10ClNO2.ClH/c10-7-3-6(5-11)4-8-9(7)13-2-1-12-8;/h3-4H,1-2,5,11H2;1H. The summed E-state index contributed by atoms with van der Waals surface area (Å²) in [4.78, 5) is 0. The Morgan fingerprint density at radius 1 is 1.29 bits per heavy atom. The van der Waals surface area contributed by atoms with Gasteiger partial charge in [0.15, 0.2) is 11.5 Å². The van der Waals surface area contributed by atoms with Crippen LogP contribution < -0.4 is 15.2 Å². The van der Waals surface area contributed by atoms with E-state index in [4.69, 9.17) is 26.8 Å². The van der Waals surface area contributed by atoms with E-state index >= 15 is 0 Å². The van der Waals surface area contributed by atoms with Gasteiger partial charge in [0.25, 0.3) is 0 Å². The van der Waals surface area contributed by atoms with Crippen LogP contribution in [0, 0.1) is 0 Å². The summed E-state index contributed by atoms with van der Waals surface area (Å²) in [6.45, 7) is 1.57. The maximum atomic E-state index is 5.97. The SMILES string of the molecule is Cl.NCc1cc(Cl)c2c(c1)OCCO2. The van der Waals surface area contributed by atoms with Gasteiger partial charge in [0.1, 0.15) is 13.2 Å². The van der Waals surface area contributed by atoms with Crippen LogP contribution in [0.5, 0.6) is 11.5 Å². The van der Waals surface area contributed by atoms with Gasteiger partial charge in [-0.25, -0.2) is 0 Å². The third-order valence-electron chi connectivity index (χ3n) is 1.89. The molecule has 1 aliphatic heterocycles. The van der Waals surface area contributed by atoms with Gasteiger partial charge in [-0.2, -0.15) is 0 Å². The first-order valence-corrected chi connectivity index (χ1v) is 4.47. The van der Waals surface area contributed by atoms with Crippen molar-refractivity contribution < 1.29 is 9.47 Å². The van der Waals surface area contributed by atoms with Crippen molar-refractivity contribution in [2.75, 3.05) is 13.2 Å². The molecule has 2 rings (SSSR count). The van der Waals surface area contributed by atoms with E-state index < -0.39 is 0 Å². The Morgan fingerprint density at radius 2 is 2.00 bits per heavy atom. The first-order chi connectivity index (χ1) is 6.31. The third-order valence-corrected chi connectivity index (χ3v) is 2.17. The van der Waals surface area contributed by atoms with Gasteiger partial charge in [-0.05, 0) is 17.7 Å². The Hall–Kier alpha value is -0.640. The lowest BCUT2D eigenvalue weighted by molar-refractivity contribution is 0.171. The summed E-state index contributed by atoms with van der Waals surface area (Å²) in [5, 5.41) is 0.567. The molecule has 1 aliphatic rings. The molecule has 1 aromatic rings. The minimum absolute atomic E-state index is 0. The Kier molecular flexibility index (Phi) is 3.86. The molecule has 78 valence electrons. The van der Waals surface area contributed by atoms with Gasteiger partial charge < -0.3 is 15.2 Å². The van der Waals surface area contributed by atoms with E-state index in [9.17, 15) is 0 Å². The largest absolute Gasteiger partial charge is 0.486 e. The lowest BCUT2D eigenvalue weighted by Crippen LogP contribution is -2.16. The summed E-state index contributed by atoms with van der Waals surface area (Å²) in [7, 11) is 0. The Labute approximate surface area is 93.5 Å². The average Bonchev–Trinajstić information content (AvgIpc) is 2.18. The summed E-state index contributed by atoms with van der Waals surface area (Å²) in [5.41, 5.74) is 6.45. The molecule has 0 spiro atoms. The topological polar surface area (TPSA) is 44.5 Å². The van der Waals surface area contributed by atoms with Crippen LogP contribution in [0.15, 0.2) is 12.1 Å². The highest BCUT2D eigenvalue weighted by Gasteiger charge is 2.15. The number of halogens is 2. The normalized spacial score (nSPS) is 13.3. The fourth-order valence-corrected chi connectivity index (χ4v) is 1.57. The van der Waals surface area contributed by atoms with E-state index in [-0.39, 0.29) is 12.4 Å². The molecule has 0 bridgehead atoms. The number of ether oxygens (including phenoxy) is 2. The van der Waals surface area contributed by atoms with Crippen molar-refractivity contribution in [3.05, 3.63) is 22.7 Å². The summed E-state index contributed by atoms with van der Waals surface area (Å²) < 4.78 is 10.7. The molecule has 2 N–H and O–H groups in total. The highest BCUT2D eigenvalue weighted by molar-refractivity contribution is 6.32. The molecule has 1 heterocycles. The zero-order valence-electron chi connectivity index (χ0n) is 7.46. The lowest BCUT2D eigenvalue weighted by Gasteiger charge is -2.19. The average molecular weight is 236 g/mol. The van der Waals surface area contributed by atoms with Crippen molar-refractivity contribution in [2.24, 2.45) is 5.73 Å². The minimum Gasteiger partial charge on any atom is -0.486 e. The van der Waals surface area contributed by atoms with Crippen molar-refractivity contribution in [3.63, 3.8) is 0 Å². The zero-order chi connectivity index (χ0) is 9.26. The Morgan fingerprint density at radius 3 is 2.71 bits per heavy atom. The van der Waals surface area contributed by atoms with E-state index in [0.717, 1.165) is 5.56 Å². The zero-order valence-corrected chi connectivity index (χ0v) is 9.03. The summed E-state index contributed by atoms with van der Waals surface area (Å²) >= 11 is 5.97. The predicted octanol–water partition coefficient (Wildman–Crippen LogP) is 1.99. The highest BCUT2D eigenvalue weighted by atomic mass is 35.5. The number of hydrogen-bond acceptors (Lipinski definition) is 3. The van der Waals surface area contributed by atoms with Gasteiger partial charge in [0, 0.05) is 6.54 Å². The predicted molar refractivity (Wildman–Crippen MR) is 57.6 cm³/mol. The summed E-state index contributed by atoms with van der Waals surface area (Å²) in [6.07, 6.45) is 0. The van der Waals surface area contributed by atoms with Crippen molar-refractivity contribution in [2.45, 2.75) is 6.54 Å². The molecule has 0 amide bonds. The first kappa shape index (κ1) is 11.4. The van der Waals surface area contributed by atoms with E-state index in [1.807, 2.05) is 6.07 Å². The van der Waals surface area contributed by atoms with Crippen LogP contribution in [0.4, 0.5) is 0 Å². The number of nitrogens with two attached hydrogens (primary N) is 1. The van der Waals surface area contributed by atoms with Gasteiger partial charge in [-0.3, -0.25) is 0 Å². The molecule has 1 aromatic carbocycles. The molecule has 0 aliphatic carbocycles. The molecule has 3 nitrogen and oxygen atoms in total. The molecule has 0 saturated carbocycles. The molecule has 0 atom stereocenters. The Balaban J connectivity index is 0.000000980. The molecule has 0 unspecified atom stereocenters. The minimum atomic E-state index is 0. The van der Waals surface area contributed by atoms with Crippen molar-refractivity contribution in [1.29, 1.82) is 0 Å². The van der Waals surface area contributed by atoms with E-state index in [1.165, 1.54) is 0 Å². The lowest BCUT2D eigenvalue weighted by atomic mass is 10.2. The van der Waals surface area contributed by atoms with Crippen LogP contribution in [0.25, 0.3) is 0 Å². The molecule has 14 heavy (non-hydrogen) atoms. The van der Waals surface area contributed by atoms with Crippen LogP contribution in [-0.4, -0.2) is 13.2 Å². The molecule has 0 radical (unpaired) electrons. The maximum absolute atomic E-state index is 5.97. The number of hydrogen-bond donors (Lipinski definition) is 1. The van der Waals surface area contributed by atoms with Crippen LogP contribution in [-0.2, 0) is 6.54 Å². The van der Waals surface area contributed by atoms with Crippen LogP contribution in [0.2, 0.25) is 5.02 Å². The molecular formula is C9H11Cl2NO2. The Bertz CT molecular complexity index is 331. The van der Waals surface area contributed by atoms with Gasteiger partial charge >= 0.3 is 0 Å². The molecule has 0 saturated heterocycles. The fraction of sp³-hybridized carbons (Fsp3) is 0.333. The fourth-order valence-electron chi connectivity index (χ4n) is 1.28. The second kappa shape index (κ2) is 4.73. The van der Waals surface area contributed by atoms with Gasteiger partial charge in [-0.15, -0.1) is 12.4 Å².